The largest absolute Gasteiger partial charge is 0.311 e. The Morgan fingerprint density at radius 1 is 1.20 bits per heavy atom. The number of rotatable bonds is 2. The molecule has 4 aliphatic rings. The van der Waals surface area contributed by atoms with E-state index in [0.717, 1.165) is 49.8 Å². The van der Waals surface area contributed by atoms with Crippen molar-refractivity contribution >= 4 is 11.6 Å². The van der Waals surface area contributed by atoms with Gasteiger partial charge >= 0.3 is 0 Å². The minimum atomic E-state index is -0.122. The first kappa shape index (κ1) is 15.8. The molecular formula is C21H27FN2O. The summed E-state index contributed by atoms with van der Waals surface area (Å²) in [6.45, 7) is 0.694. The molecule has 1 saturated carbocycles. The highest BCUT2D eigenvalue weighted by atomic mass is 19.1. The van der Waals surface area contributed by atoms with Crippen LogP contribution in [0.1, 0.15) is 63.4 Å². The average Bonchev–Trinajstić information content (AvgIpc) is 3.28. The summed E-state index contributed by atoms with van der Waals surface area (Å²) < 4.78 is 14.6. The molecule has 1 aliphatic carbocycles. The molecule has 0 radical (unpaired) electrons. The van der Waals surface area contributed by atoms with Gasteiger partial charge in [0.15, 0.2) is 0 Å². The molecule has 3 fully saturated rings. The Morgan fingerprint density at radius 2 is 1.92 bits per heavy atom. The maximum absolute atomic E-state index is 14.6. The number of hydrogen-bond acceptors (Lipinski definition) is 2. The summed E-state index contributed by atoms with van der Waals surface area (Å²) in [5.41, 5.74) is 1.55. The molecule has 2 atom stereocenters. The summed E-state index contributed by atoms with van der Waals surface area (Å²) in [4.78, 5) is 15.1. The van der Waals surface area contributed by atoms with Crippen LogP contribution in [0, 0.1) is 11.7 Å². The van der Waals surface area contributed by atoms with Crippen molar-refractivity contribution in [2.75, 3.05) is 11.4 Å². The number of carbonyl (C=O) groups is 1. The fourth-order valence-corrected chi connectivity index (χ4v) is 6.11. The zero-order valence-corrected chi connectivity index (χ0v) is 14.8. The average molecular weight is 342 g/mol. The van der Waals surface area contributed by atoms with E-state index in [2.05, 4.69) is 5.32 Å². The fourth-order valence-electron chi connectivity index (χ4n) is 6.11. The zero-order valence-electron chi connectivity index (χ0n) is 14.8. The molecule has 4 heteroatoms. The van der Waals surface area contributed by atoms with Gasteiger partial charge < -0.3 is 10.2 Å². The second-order valence-corrected chi connectivity index (χ2v) is 8.78. The topological polar surface area (TPSA) is 32.3 Å². The van der Waals surface area contributed by atoms with E-state index in [4.69, 9.17) is 0 Å². The third-order valence-electron chi connectivity index (χ3n) is 7.17. The van der Waals surface area contributed by atoms with Gasteiger partial charge in [0.05, 0.1) is 5.69 Å². The van der Waals surface area contributed by atoms with Crippen molar-refractivity contribution in [3.05, 3.63) is 29.6 Å². The molecule has 0 aromatic heterocycles. The monoisotopic (exact) mass is 342 g/mol. The number of hydrogen-bond donors (Lipinski definition) is 1. The first-order valence-corrected chi connectivity index (χ1v) is 10.00. The summed E-state index contributed by atoms with van der Waals surface area (Å²) in [7, 11) is 0. The fraction of sp³-hybridized carbons (Fsp3) is 0.667. The molecule has 2 unspecified atom stereocenters. The van der Waals surface area contributed by atoms with Gasteiger partial charge in [-0.05, 0) is 56.6 Å². The van der Waals surface area contributed by atoms with E-state index in [0.29, 0.717) is 31.0 Å². The second-order valence-electron chi connectivity index (χ2n) is 8.78. The van der Waals surface area contributed by atoms with Gasteiger partial charge in [-0.1, -0.05) is 18.9 Å². The molecule has 1 N–H and O–H groups in total. The molecule has 25 heavy (non-hydrogen) atoms. The van der Waals surface area contributed by atoms with Crippen molar-refractivity contribution in [3.63, 3.8) is 0 Å². The summed E-state index contributed by atoms with van der Waals surface area (Å²) >= 11 is 0. The predicted molar refractivity (Wildman–Crippen MR) is 96.2 cm³/mol. The normalized spacial score (nSPS) is 32.4. The van der Waals surface area contributed by atoms with Crippen LogP contribution in [0.25, 0.3) is 0 Å². The Kier molecular flexibility index (Phi) is 3.67. The molecule has 1 aromatic carbocycles. The summed E-state index contributed by atoms with van der Waals surface area (Å²) in [6, 6.07) is 6.50. The van der Waals surface area contributed by atoms with Gasteiger partial charge in [0.25, 0.3) is 0 Å². The number of halogens is 1. The van der Waals surface area contributed by atoms with Crippen molar-refractivity contribution in [1.82, 2.24) is 5.32 Å². The Hall–Kier alpha value is -1.42. The van der Waals surface area contributed by atoms with Crippen LogP contribution in [0.2, 0.25) is 0 Å². The van der Waals surface area contributed by atoms with Crippen LogP contribution < -0.4 is 10.2 Å². The first-order chi connectivity index (χ1) is 12.1. The smallest absolute Gasteiger partial charge is 0.227 e. The molecule has 5 rings (SSSR count). The van der Waals surface area contributed by atoms with Crippen LogP contribution in [0.15, 0.2) is 18.2 Å². The van der Waals surface area contributed by atoms with Gasteiger partial charge in [-0.25, -0.2) is 4.39 Å². The predicted octanol–water partition coefficient (Wildman–Crippen LogP) is 3.90. The quantitative estimate of drug-likeness (QED) is 0.884. The summed E-state index contributed by atoms with van der Waals surface area (Å²) in [5.74, 6) is 0.583. The maximum Gasteiger partial charge on any atom is 0.227 e. The molecule has 3 nitrogen and oxygen atoms in total. The van der Waals surface area contributed by atoms with E-state index in [9.17, 15) is 9.18 Å². The van der Waals surface area contributed by atoms with E-state index < -0.39 is 0 Å². The van der Waals surface area contributed by atoms with Crippen LogP contribution in [-0.2, 0) is 10.2 Å². The van der Waals surface area contributed by atoms with Crippen molar-refractivity contribution in [2.45, 2.75) is 75.3 Å². The van der Waals surface area contributed by atoms with Gasteiger partial charge in [0.1, 0.15) is 5.82 Å². The Morgan fingerprint density at radius 3 is 2.64 bits per heavy atom. The van der Waals surface area contributed by atoms with E-state index >= 15 is 0 Å². The molecule has 3 aliphatic heterocycles. The van der Waals surface area contributed by atoms with Gasteiger partial charge in [0, 0.05) is 36.0 Å². The molecule has 1 spiro atoms. The van der Waals surface area contributed by atoms with Crippen molar-refractivity contribution < 1.29 is 9.18 Å². The Balaban J connectivity index is 1.39. The number of anilines is 1. The van der Waals surface area contributed by atoms with Crippen LogP contribution in [0.5, 0.6) is 0 Å². The summed E-state index contributed by atoms with van der Waals surface area (Å²) in [6.07, 6.45) is 9.72. The molecule has 134 valence electrons. The molecule has 1 aromatic rings. The summed E-state index contributed by atoms with van der Waals surface area (Å²) in [5, 5.41) is 3.65. The number of benzene rings is 1. The second kappa shape index (κ2) is 5.80. The van der Waals surface area contributed by atoms with Crippen molar-refractivity contribution in [1.29, 1.82) is 0 Å². The maximum atomic E-state index is 14.6. The van der Waals surface area contributed by atoms with E-state index in [1.165, 1.54) is 12.8 Å². The number of nitrogens with one attached hydrogen (secondary N) is 1. The van der Waals surface area contributed by atoms with Crippen LogP contribution in [0.3, 0.4) is 0 Å². The van der Waals surface area contributed by atoms with E-state index in [-0.39, 0.29) is 17.1 Å². The first-order valence-electron chi connectivity index (χ1n) is 10.00. The number of fused-ring (bicyclic) bond motifs is 4. The zero-order chi connectivity index (χ0) is 17.0. The standard InChI is InChI=1S/C21H27FN2O/c22-17-4-3-5-18-20(17)21(8-1-2-9-21)13-24(18)19(25)12-14-10-15-6-7-16(11-14)23-15/h3-5,14-16,23H,1-2,6-13H2. The molecule has 2 bridgehead atoms. The minimum Gasteiger partial charge on any atom is -0.311 e. The van der Waals surface area contributed by atoms with Gasteiger partial charge in [-0.3, -0.25) is 4.79 Å². The lowest BCUT2D eigenvalue weighted by Crippen LogP contribution is -2.41. The molecule has 2 saturated heterocycles. The lowest BCUT2D eigenvalue weighted by Gasteiger charge is -2.30. The molecular weight excluding hydrogens is 315 g/mol. The Bertz CT molecular complexity index is 685. The van der Waals surface area contributed by atoms with E-state index in [1.54, 1.807) is 12.1 Å². The van der Waals surface area contributed by atoms with Crippen LogP contribution >= 0.6 is 0 Å². The SMILES string of the molecule is O=C(CC1CC2CCC(C1)N2)N1CC2(CCCC2)c2c(F)cccc21. The van der Waals surface area contributed by atoms with Crippen LogP contribution in [-0.4, -0.2) is 24.5 Å². The van der Waals surface area contributed by atoms with Gasteiger partial charge in [0.2, 0.25) is 5.91 Å². The number of amides is 1. The third-order valence-corrected chi connectivity index (χ3v) is 7.17. The molecule has 1 amide bonds. The number of nitrogens with zero attached hydrogens (tertiary/aromatic N) is 1. The highest BCUT2D eigenvalue weighted by Crippen LogP contribution is 2.51. The minimum absolute atomic E-state index is 0.116. The van der Waals surface area contributed by atoms with Gasteiger partial charge in [-0.2, -0.15) is 0 Å². The number of carbonyl (C=O) groups excluding carboxylic acids is 1. The molecule has 3 heterocycles. The third kappa shape index (κ3) is 2.52. The van der Waals surface area contributed by atoms with Gasteiger partial charge in [-0.15, -0.1) is 0 Å². The lowest BCUT2D eigenvalue weighted by atomic mass is 9.80. The highest BCUT2D eigenvalue weighted by molar-refractivity contribution is 5.96. The highest BCUT2D eigenvalue weighted by Gasteiger charge is 2.48. The van der Waals surface area contributed by atoms with Crippen LogP contribution in [0.4, 0.5) is 10.1 Å². The van der Waals surface area contributed by atoms with Crippen molar-refractivity contribution in [2.24, 2.45) is 5.92 Å². The van der Waals surface area contributed by atoms with E-state index in [1.807, 2.05) is 11.0 Å². The lowest BCUT2D eigenvalue weighted by molar-refractivity contribution is -0.119. The Labute approximate surface area is 149 Å². The van der Waals surface area contributed by atoms with Crippen molar-refractivity contribution in [3.8, 4) is 0 Å². The number of piperidine rings is 1.